The first-order valence-electron chi connectivity index (χ1n) is 4.07. The van der Waals surface area contributed by atoms with E-state index in [9.17, 15) is 0 Å². The summed E-state index contributed by atoms with van der Waals surface area (Å²) in [5, 5.41) is 43.6. The average Bonchev–Trinajstić information content (AvgIpc) is 2.25. The lowest BCUT2D eigenvalue weighted by molar-refractivity contribution is 0.399. The van der Waals surface area contributed by atoms with Crippen LogP contribution in [0.4, 0.5) is 0 Å². The maximum Gasteiger partial charge on any atom is 0.0587 e. The van der Waals surface area contributed by atoms with E-state index in [-0.39, 0.29) is 0 Å². The van der Waals surface area contributed by atoms with E-state index in [0.717, 1.165) is 7.11 Å². The van der Waals surface area contributed by atoms with Gasteiger partial charge in [0.1, 0.15) is 0 Å². The van der Waals surface area contributed by atoms with Gasteiger partial charge in [0.2, 0.25) is 0 Å². The minimum atomic E-state index is 1.00. The molecule has 0 aliphatic rings. The molecular weight excluding hydrogens is 218 g/mol. The second kappa shape index (κ2) is 356. The average molecular weight is 237 g/mol. The monoisotopic (exact) mass is 237 g/mol. The number of nitriles is 5. The molecule has 6 heteroatoms. The normalized spacial score (nSPS) is 2.71. The molecule has 0 fully saturated rings. The molecule has 0 unspecified atom stereocenters. The van der Waals surface area contributed by atoms with E-state index in [2.05, 4.69) is 0 Å². The first kappa shape index (κ1) is 36.6. The van der Waals surface area contributed by atoms with Gasteiger partial charge >= 0.3 is 0 Å². The van der Waals surface area contributed by atoms with Crippen LogP contribution in [0.2, 0.25) is 0 Å². The summed E-state index contributed by atoms with van der Waals surface area (Å²) in [6.07, 6.45) is 0. The fraction of sp³-hybridized carbons (Fsp3) is 0.545. The van der Waals surface area contributed by atoms with Gasteiger partial charge in [-0.2, -0.15) is 26.3 Å². The molecule has 0 aromatic carbocycles. The summed E-state index contributed by atoms with van der Waals surface area (Å²) >= 11 is 0. The Morgan fingerprint density at radius 1 is 0.471 bits per heavy atom. The van der Waals surface area contributed by atoms with E-state index in [1.165, 1.54) is 34.6 Å². The van der Waals surface area contributed by atoms with Gasteiger partial charge in [-0.05, 0) is 0 Å². The topological polar surface area (TPSA) is 139 Å². The number of aliphatic hydroxyl groups is 1. The molecule has 0 aliphatic heterocycles. The third-order valence-electron chi connectivity index (χ3n) is 0. The Hall–Kier alpha value is -2.59. The molecule has 0 spiro atoms. The van der Waals surface area contributed by atoms with Crippen molar-refractivity contribution in [3.8, 4) is 30.3 Å². The maximum atomic E-state index is 7.32. The Bertz CT molecular complexity index is 197. The zero-order chi connectivity index (χ0) is 15.5. The molecule has 0 aromatic heterocycles. The van der Waals surface area contributed by atoms with Crippen LogP contribution in [0, 0.1) is 56.7 Å². The predicted molar refractivity (Wildman–Crippen MR) is 64.6 cm³/mol. The van der Waals surface area contributed by atoms with Crippen LogP contribution in [0.25, 0.3) is 0 Å². The van der Waals surface area contributed by atoms with Gasteiger partial charge in [0, 0.05) is 41.7 Å². The van der Waals surface area contributed by atoms with Gasteiger partial charge in [-0.15, -0.1) is 0 Å². The van der Waals surface area contributed by atoms with E-state index in [4.69, 9.17) is 31.4 Å². The number of hydrogen-bond acceptors (Lipinski definition) is 6. The van der Waals surface area contributed by atoms with Crippen molar-refractivity contribution < 1.29 is 5.11 Å². The molecule has 0 atom stereocenters. The number of hydrogen-bond donors (Lipinski definition) is 1. The van der Waals surface area contributed by atoms with E-state index >= 15 is 0 Å². The van der Waals surface area contributed by atoms with Crippen LogP contribution in [-0.2, 0) is 0 Å². The first-order valence-corrected chi connectivity index (χ1v) is 4.07. The third-order valence-corrected chi connectivity index (χ3v) is 0. The number of rotatable bonds is 0. The summed E-state index contributed by atoms with van der Waals surface area (Å²) in [5.41, 5.74) is 0. The summed E-state index contributed by atoms with van der Waals surface area (Å²) in [7, 11) is 1.00. The molecule has 0 aromatic rings. The standard InChI is InChI=1S/5C2H3N.CH4O/c5*1-2-3;1-2/h5*1H3;2H,1H3. The number of nitrogens with zero attached hydrogens (tertiary/aromatic N) is 5. The molecule has 0 saturated heterocycles. The predicted octanol–water partition coefficient (Wildman–Crippen LogP) is 2.26. The SMILES string of the molecule is CC#N.CC#N.CC#N.CC#N.CC#N.CO. The van der Waals surface area contributed by atoms with Gasteiger partial charge in [0.15, 0.2) is 0 Å². The molecule has 0 rings (SSSR count). The van der Waals surface area contributed by atoms with Crippen molar-refractivity contribution >= 4 is 0 Å². The highest BCUT2D eigenvalue weighted by atomic mass is 16.2. The van der Waals surface area contributed by atoms with Crippen LogP contribution in [0.15, 0.2) is 0 Å². The Labute approximate surface area is 104 Å². The van der Waals surface area contributed by atoms with E-state index in [0.29, 0.717) is 0 Å². The largest absolute Gasteiger partial charge is 0.400 e. The van der Waals surface area contributed by atoms with Crippen molar-refractivity contribution in [1.82, 2.24) is 0 Å². The van der Waals surface area contributed by atoms with Crippen molar-refractivity contribution in [3.63, 3.8) is 0 Å². The van der Waals surface area contributed by atoms with Crippen LogP contribution in [0.1, 0.15) is 34.6 Å². The van der Waals surface area contributed by atoms with Gasteiger partial charge in [-0.1, -0.05) is 0 Å². The van der Waals surface area contributed by atoms with Crippen LogP contribution in [0.5, 0.6) is 0 Å². The summed E-state index contributed by atoms with van der Waals surface area (Å²) in [6.45, 7) is 7.15. The fourth-order valence-corrected chi connectivity index (χ4v) is 0. The van der Waals surface area contributed by atoms with Crippen LogP contribution < -0.4 is 0 Å². The van der Waals surface area contributed by atoms with E-state index < -0.39 is 0 Å². The smallest absolute Gasteiger partial charge is 0.0587 e. The molecule has 17 heavy (non-hydrogen) atoms. The Kier molecular flexibility index (Phi) is 766. The lowest BCUT2D eigenvalue weighted by Gasteiger charge is -1.21. The number of aliphatic hydroxyl groups excluding tert-OH is 1. The zero-order valence-electron chi connectivity index (χ0n) is 11.2. The van der Waals surface area contributed by atoms with Crippen LogP contribution in [0.3, 0.4) is 0 Å². The fourth-order valence-electron chi connectivity index (χ4n) is 0. The Morgan fingerprint density at radius 2 is 0.471 bits per heavy atom. The molecule has 0 aliphatic carbocycles. The van der Waals surface area contributed by atoms with Crippen molar-refractivity contribution in [1.29, 1.82) is 26.3 Å². The van der Waals surface area contributed by atoms with Gasteiger partial charge < -0.3 is 5.11 Å². The summed E-state index contributed by atoms with van der Waals surface area (Å²) in [4.78, 5) is 0. The highest BCUT2D eigenvalue weighted by molar-refractivity contribution is 4.52. The lowest BCUT2D eigenvalue weighted by Crippen LogP contribution is -1.25. The Balaban J connectivity index is -0.0000000215. The van der Waals surface area contributed by atoms with Gasteiger partial charge in [0.25, 0.3) is 0 Å². The molecule has 0 heterocycles. The highest BCUT2D eigenvalue weighted by Gasteiger charge is 1.18. The maximum absolute atomic E-state index is 7.32. The molecule has 6 nitrogen and oxygen atoms in total. The Morgan fingerprint density at radius 3 is 0.471 bits per heavy atom. The van der Waals surface area contributed by atoms with Gasteiger partial charge in [-0.25, -0.2) is 0 Å². The minimum absolute atomic E-state index is 1.00. The molecule has 0 bridgehead atoms. The lowest BCUT2D eigenvalue weighted by atomic mass is 11.0. The van der Waals surface area contributed by atoms with Crippen LogP contribution in [-0.4, -0.2) is 12.2 Å². The second-order valence-corrected chi connectivity index (χ2v) is 1.12. The zero-order valence-corrected chi connectivity index (χ0v) is 11.2. The summed E-state index contributed by atoms with van der Waals surface area (Å²) in [5.74, 6) is 0. The van der Waals surface area contributed by atoms with Gasteiger partial charge in [-0.3, -0.25) is 0 Å². The third kappa shape index (κ3) is 260. The van der Waals surface area contributed by atoms with Gasteiger partial charge in [0.05, 0.1) is 30.3 Å². The summed E-state index contributed by atoms with van der Waals surface area (Å²) in [6, 6.07) is 8.75. The van der Waals surface area contributed by atoms with Crippen molar-refractivity contribution in [2.24, 2.45) is 0 Å². The molecular formula is C11H19N5O. The molecule has 1 N–H and O–H groups in total. The quantitative estimate of drug-likeness (QED) is 0.685. The molecule has 0 saturated carbocycles. The van der Waals surface area contributed by atoms with E-state index in [1.807, 2.05) is 0 Å². The molecule has 0 amide bonds. The minimum Gasteiger partial charge on any atom is -0.400 e. The highest BCUT2D eigenvalue weighted by Crippen LogP contribution is 1.23. The van der Waals surface area contributed by atoms with Crippen molar-refractivity contribution in [2.45, 2.75) is 34.6 Å². The van der Waals surface area contributed by atoms with Crippen LogP contribution >= 0.6 is 0 Å². The molecule has 94 valence electrons. The molecule has 0 radical (unpaired) electrons. The van der Waals surface area contributed by atoms with E-state index in [1.54, 1.807) is 30.3 Å². The summed E-state index contributed by atoms with van der Waals surface area (Å²) < 4.78 is 0. The van der Waals surface area contributed by atoms with Crippen molar-refractivity contribution in [3.05, 3.63) is 0 Å². The first-order chi connectivity index (χ1) is 8.07. The van der Waals surface area contributed by atoms with Crippen molar-refractivity contribution in [2.75, 3.05) is 7.11 Å². The second-order valence-electron chi connectivity index (χ2n) is 1.12.